The largest absolute Gasteiger partial charge is 0.415 e. The van der Waals surface area contributed by atoms with Gasteiger partial charge in [-0.3, -0.25) is 0 Å². The zero-order chi connectivity index (χ0) is 7.11. The zero-order valence-corrected chi connectivity index (χ0v) is 7.08. The summed E-state index contributed by atoms with van der Waals surface area (Å²) in [6.45, 7) is 0.365. The number of ether oxygens (including phenoxy) is 2. The number of hydrogen-bond donors (Lipinski definition) is 1. The van der Waals surface area contributed by atoms with E-state index in [0.29, 0.717) is 6.61 Å². The summed E-state index contributed by atoms with van der Waals surface area (Å²) in [7, 11) is 1.69. The van der Waals surface area contributed by atoms with Gasteiger partial charge >= 0.3 is 10.0 Å². The average Bonchev–Trinajstić information content (AvgIpc) is 1.88. The van der Waals surface area contributed by atoms with Crippen molar-refractivity contribution in [2.45, 2.75) is 6.29 Å². The Hall–Kier alpha value is 0.0569. The number of methoxy groups -OCH3 is 2. The minimum Gasteiger partial charge on any atom is -0.415 e. The molecule has 0 aromatic rings. The molecular weight excluding hydrogens is 140 g/mol. The normalized spacial score (nSPS) is 15.0. The van der Waals surface area contributed by atoms with Crippen LogP contribution in [0.1, 0.15) is 0 Å². The molecule has 0 bridgehead atoms. The molecule has 0 radical (unpaired) electrons. The van der Waals surface area contributed by atoms with Crippen LogP contribution in [0.3, 0.4) is 0 Å². The highest BCUT2D eigenvalue weighted by atomic mass is 28.2. The van der Waals surface area contributed by atoms with Crippen molar-refractivity contribution < 1.29 is 18.7 Å². The van der Waals surface area contributed by atoms with E-state index in [1.165, 1.54) is 7.11 Å². The molecule has 4 nitrogen and oxygen atoms in total. The number of rotatable bonds is 5. The summed E-state index contributed by atoms with van der Waals surface area (Å²) in [6, 6.07) is 0. The standard InChI is InChI=1S/C4H12O4Si/c1-6-3-4(7-2)8-9-5/h4-5H,3,9H2,1-2H3. The van der Waals surface area contributed by atoms with E-state index in [1.807, 2.05) is 0 Å². The van der Waals surface area contributed by atoms with Crippen LogP contribution in [0.5, 0.6) is 0 Å². The van der Waals surface area contributed by atoms with E-state index in [0.717, 1.165) is 0 Å². The SMILES string of the molecule is COCC(OC)O[SiH2]O. The van der Waals surface area contributed by atoms with Crippen molar-refractivity contribution in [2.75, 3.05) is 20.8 Å². The third-order valence-corrected chi connectivity index (χ3v) is 1.35. The van der Waals surface area contributed by atoms with Crippen LogP contribution in [0.25, 0.3) is 0 Å². The molecular formula is C4H12O4Si. The van der Waals surface area contributed by atoms with Crippen molar-refractivity contribution in [3.63, 3.8) is 0 Å². The number of hydrogen-bond acceptors (Lipinski definition) is 4. The second-order valence-electron chi connectivity index (χ2n) is 1.42. The van der Waals surface area contributed by atoms with Gasteiger partial charge in [0.1, 0.15) is 0 Å². The Balaban J connectivity index is 3.18. The Morgan fingerprint density at radius 2 is 2.22 bits per heavy atom. The van der Waals surface area contributed by atoms with Gasteiger partial charge in [0, 0.05) is 14.2 Å². The Morgan fingerprint density at radius 1 is 1.56 bits per heavy atom. The van der Waals surface area contributed by atoms with Gasteiger partial charge in [-0.2, -0.15) is 0 Å². The first kappa shape index (κ1) is 9.06. The van der Waals surface area contributed by atoms with Crippen LogP contribution in [-0.4, -0.2) is 41.9 Å². The van der Waals surface area contributed by atoms with Gasteiger partial charge in [0.15, 0.2) is 6.29 Å². The molecule has 0 aliphatic heterocycles. The van der Waals surface area contributed by atoms with E-state index in [4.69, 9.17) is 18.7 Å². The zero-order valence-electron chi connectivity index (χ0n) is 5.66. The lowest BCUT2D eigenvalue weighted by Crippen LogP contribution is -2.22. The van der Waals surface area contributed by atoms with E-state index in [9.17, 15) is 0 Å². The smallest absolute Gasteiger partial charge is 0.304 e. The van der Waals surface area contributed by atoms with Crippen molar-refractivity contribution in [3.05, 3.63) is 0 Å². The molecule has 9 heavy (non-hydrogen) atoms. The first-order valence-corrected chi connectivity index (χ1v) is 3.80. The van der Waals surface area contributed by atoms with Gasteiger partial charge in [0.25, 0.3) is 0 Å². The van der Waals surface area contributed by atoms with Gasteiger partial charge in [-0.15, -0.1) is 0 Å². The maximum absolute atomic E-state index is 8.38. The highest BCUT2D eigenvalue weighted by molar-refractivity contribution is 6.15. The van der Waals surface area contributed by atoms with Crippen molar-refractivity contribution in [2.24, 2.45) is 0 Å². The van der Waals surface area contributed by atoms with E-state index in [1.54, 1.807) is 7.11 Å². The van der Waals surface area contributed by atoms with Crippen LogP contribution in [0.15, 0.2) is 0 Å². The molecule has 0 aliphatic rings. The fraction of sp³-hybridized carbons (Fsp3) is 1.00. The fourth-order valence-corrected chi connectivity index (χ4v) is 0.802. The Kier molecular flexibility index (Phi) is 6.22. The molecule has 0 saturated carbocycles. The summed E-state index contributed by atoms with van der Waals surface area (Å²) < 4.78 is 14.2. The van der Waals surface area contributed by atoms with Crippen LogP contribution in [0.4, 0.5) is 0 Å². The van der Waals surface area contributed by atoms with Gasteiger partial charge in [-0.25, -0.2) is 0 Å². The van der Waals surface area contributed by atoms with Crippen LogP contribution in [-0.2, 0) is 13.9 Å². The highest BCUT2D eigenvalue weighted by Gasteiger charge is 2.03. The summed E-state index contributed by atoms with van der Waals surface area (Å²) in [5.41, 5.74) is 0. The minimum atomic E-state index is -1.37. The minimum absolute atomic E-state index is 0.365. The fourth-order valence-electron chi connectivity index (χ4n) is 0.403. The van der Waals surface area contributed by atoms with Crippen molar-refractivity contribution in [1.82, 2.24) is 0 Å². The molecule has 1 atom stereocenters. The molecule has 1 unspecified atom stereocenters. The monoisotopic (exact) mass is 152 g/mol. The third-order valence-electron chi connectivity index (χ3n) is 0.826. The molecule has 0 rings (SSSR count). The van der Waals surface area contributed by atoms with Gasteiger partial charge in [-0.1, -0.05) is 0 Å². The second kappa shape index (κ2) is 6.18. The summed E-state index contributed by atoms with van der Waals surface area (Å²) in [6.07, 6.45) is -0.397. The molecule has 0 amide bonds. The van der Waals surface area contributed by atoms with E-state index in [2.05, 4.69) is 0 Å². The first-order chi connectivity index (χ1) is 4.35. The van der Waals surface area contributed by atoms with Gasteiger partial charge in [0.2, 0.25) is 0 Å². The molecule has 0 heterocycles. The lowest BCUT2D eigenvalue weighted by molar-refractivity contribution is -0.0984. The maximum atomic E-state index is 8.38. The molecule has 0 saturated heterocycles. The molecule has 0 fully saturated rings. The highest BCUT2D eigenvalue weighted by Crippen LogP contribution is 1.89. The van der Waals surface area contributed by atoms with Crippen molar-refractivity contribution >= 4 is 10.0 Å². The predicted molar refractivity (Wildman–Crippen MR) is 34.5 cm³/mol. The second-order valence-corrected chi connectivity index (χ2v) is 2.01. The Labute approximate surface area is 56.8 Å². The summed E-state index contributed by atoms with van der Waals surface area (Å²) in [4.78, 5) is 8.38. The Morgan fingerprint density at radius 3 is 2.56 bits per heavy atom. The van der Waals surface area contributed by atoms with Crippen LogP contribution in [0, 0.1) is 0 Å². The molecule has 0 aromatic heterocycles. The molecule has 0 aliphatic carbocycles. The molecule has 0 spiro atoms. The molecule has 1 N–H and O–H groups in total. The van der Waals surface area contributed by atoms with Crippen molar-refractivity contribution in [1.29, 1.82) is 0 Å². The van der Waals surface area contributed by atoms with Gasteiger partial charge in [-0.05, 0) is 0 Å². The molecule has 56 valence electrons. The van der Waals surface area contributed by atoms with Crippen LogP contribution >= 0.6 is 0 Å². The van der Waals surface area contributed by atoms with E-state index < -0.39 is 16.3 Å². The van der Waals surface area contributed by atoms with Crippen molar-refractivity contribution in [3.8, 4) is 0 Å². The lowest BCUT2D eigenvalue weighted by atomic mass is 10.7. The molecule has 0 aromatic carbocycles. The van der Waals surface area contributed by atoms with Gasteiger partial charge < -0.3 is 18.7 Å². The first-order valence-electron chi connectivity index (χ1n) is 2.59. The molecule has 5 heteroatoms. The van der Waals surface area contributed by atoms with Crippen LogP contribution in [0.2, 0.25) is 0 Å². The lowest BCUT2D eigenvalue weighted by Gasteiger charge is -2.12. The topological polar surface area (TPSA) is 47.9 Å². The maximum Gasteiger partial charge on any atom is 0.304 e. The van der Waals surface area contributed by atoms with E-state index >= 15 is 0 Å². The average molecular weight is 152 g/mol. The quantitative estimate of drug-likeness (QED) is 0.389. The van der Waals surface area contributed by atoms with Gasteiger partial charge in [0.05, 0.1) is 6.61 Å². The predicted octanol–water partition coefficient (Wildman–Crippen LogP) is -1.39. The summed E-state index contributed by atoms with van der Waals surface area (Å²) in [5.74, 6) is 0. The Bertz CT molecular complexity index is 54.5. The van der Waals surface area contributed by atoms with E-state index in [-0.39, 0.29) is 0 Å². The third kappa shape index (κ3) is 4.55. The van der Waals surface area contributed by atoms with Crippen LogP contribution < -0.4 is 0 Å². The summed E-state index contributed by atoms with van der Waals surface area (Å²) in [5, 5.41) is 0. The summed E-state index contributed by atoms with van der Waals surface area (Å²) >= 11 is 0.